The number of carboxylic acids is 1. The Morgan fingerprint density at radius 1 is 1.03 bits per heavy atom. The highest BCUT2D eigenvalue weighted by atomic mass is 16.5. The fraction of sp³-hybridized carbons (Fsp3) is 0.444. The fourth-order valence-electron chi connectivity index (χ4n) is 5.32. The van der Waals surface area contributed by atoms with Gasteiger partial charge in [-0.15, -0.1) is 0 Å². The number of nitrogens with one attached hydrogen (secondary N) is 2. The third-order valence-corrected chi connectivity index (χ3v) is 7.04. The summed E-state index contributed by atoms with van der Waals surface area (Å²) < 4.78 is 5.59. The predicted octanol–water partition coefficient (Wildman–Crippen LogP) is 4.31. The largest absolute Gasteiger partial charge is 0.480 e. The van der Waals surface area contributed by atoms with E-state index >= 15 is 0 Å². The normalized spacial score (nSPS) is 19.7. The maximum absolute atomic E-state index is 12.7. The SMILES string of the molecule is CCC[C@H](NC(=O)[C@H]1CCC[C@H]1CNC(=O)OCC1c2ccccc2-c2ccccc21)C(=O)O. The summed E-state index contributed by atoms with van der Waals surface area (Å²) in [6.45, 7) is 2.46. The molecular weight excluding hydrogens is 432 g/mol. The molecule has 2 amide bonds. The molecule has 0 aromatic heterocycles. The molecular formula is C27H32N2O5. The van der Waals surface area contributed by atoms with Gasteiger partial charge in [0.2, 0.25) is 5.91 Å². The number of alkyl carbamates (subject to hydrolysis) is 1. The number of fused-ring (bicyclic) bond motifs is 3. The van der Waals surface area contributed by atoms with E-state index in [1.165, 1.54) is 11.1 Å². The molecule has 34 heavy (non-hydrogen) atoms. The number of aliphatic carboxylic acids is 1. The first-order chi connectivity index (χ1) is 16.5. The molecule has 180 valence electrons. The van der Waals surface area contributed by atoms with E-state index in [0.29, 0.717) is 25.8 Å². The van der Waals surface area contributed by atoms with Gasteiger partial charge in [-0.2, -0.15) is 0 Å². The van der Waals surface area contributed by atoms with Gasteiger partial charge in [0.15, 0.2) is 0 Å². The van der Waals surface area contributed by atoms with Gasteiger partial charge < -0.3 is 20.5 Å². The molecule has 3 atom stereocenters. The highest BCUT2D eigenvalue weighted by molar-refractivity contribution is 5.85. The minimum Gasteiger partial charge on any atom is -0.480 e. The summed E-state index contributed by atoms with van der Waals surface area (Å²) in [5.41, 5.74) is 4.66. The van der Waals surface area contributed by atoms with Gasteiger partial charge in [-0.25, -0.2) is 9.59 Å². The highest BCUT2D eigenvalue weighted by Crippen LogP contribution is 2.44. The number of amides is 2. The summed E-state index contributed by atoms with van der Waals surface area (Å²) in [5.74, 6) is -1.59. The second kappa shape index (κ2) is 10.7. The van der Waals surface area contributed by atoms with Crippen molar-refractivity contribution in [1.29, 1.82) is 0 Å². The third-order valence-electron chi connectivity index (χ3n) is 7.04. The minimum absolute atomic E-state index is 0.00493. The lowest BCUT2D eigenvalue weighted by Crippen LogP contribution is -2.45. The molecule has 1 fully saturated rings. The molecule has 2 aliphatic rings. The third kappa shape index (κ3) is 5.08. The number of benzene rings is 2. The second-order valence-corrected chi connectivity index (χ2v) is 9.19. The fourth-order valence-corrected chi connectivity index (χ4v) is 5.32. The Morgan fingerprint density at radius 2 is 1.68 bits per heavy atom. The predicted molar refractivity (Wildman–Crippen MR) is 128 cm³/mol. The first-order valence-corrected chi connectivity index (χ1v) is 12.1. The van der Waals surface area contributed by atoms with Crippen LogP contribution in [-0.4, -0.2) is 42.3 Å². The lowest BCUT2D eigenvalue weighted by atomic mass is 9.94. The summed E-state index contributed by atoms with van der Waals surface area (Å²) in [6.07, 6.45) is 2.96. The van der Waals surface area contributed by atoms with Crippen molar-refractivity contribution in [2.24, 2.45) is 11.8 Å². The number of carboxylic acid groups (broad SMARTS) is 1. The molecule has 0 saturated heterocycles. The maximum atomic E-state index is 12.7. The highest BCUT2D eigenvalue weighted by Gasteiger charge is 2.35. The van der Waals surface area contributed by atoms with Gasteiger partial charge in [-0.05, 0) is 47.4 Å². The van der Waals surface area contributed by atoms with Crippen molar-refractivity contribution in [3.63, 3.8) is 0 Å². The van der Waals surface area contributed by atoms with Gasteiger partial charge in [-0.1, -0.05) is 68.3 Å². The van der Waals surface area contributed by atoms with Crippen LogP contribution in [0.25, 0.3) is 11.1 Å². The smallest absolute Gasteiger partial charge is 0.407 e. The summed E-state index contributed by atoms with van der Waals surface area (Å²) in [5, 5.41) is 14.8. The van der Waals surface area contributed by atoms with Crippen LogP contribution < -0.4 is 10.6 Å². The number of hydrogen-bond donors (Lipinski definition) is 3. The van der Waals surface area contributed by atoms with Crippen LogP contribution in [-0.2, 0) is 14.3 Å². The zero-order valence-corrected chi connectivity index (χ0v) is 19.5. The Balaban J connectivity index is 1.30. The zero-order valence-electron chi connectivity index (χ0n) is 19.5. The lowest BCUT2D eigenvalue weighted by molar-refractivity contribution is -0.142. The quantitative estimate of drug-likeness (QED) is 0.513. The van der Waals surface area contributed by atoms with Gasteiger partial charge in [0.1, 0.15) is 12.6 Å². The van der Waals surface area contributed by atoms with Gasteiger partial charge in [-0.3, -0.25) is 4.79 Å². The molecule has 2 aromatic carbocycles. The lowest BCUT2D eigenvalue weighted by Gasteiger charge is -2.22. The summed E-state index contributed by atoms with van der Waals surface area (Å²) >= 11 is 0. The molecule has 4 rings (SSSR count). The first kappa shape index (κ1) is 23.8. The Kier molecular flexibility index (Phi) is 7.50. The van der Waals surface area contributed by atoms with Gasteiger partial charge in [0, 0.05) is 18.4 Å². The van der Waals surface area contributed by atoms with Gasteiger partial charge >= 0.3 is 12.1 Å². The van der Waals surface area contributed by atoms with E-state index in [-0.39, 0.29) is 30.3 Å². The van der Waals surface area contributed by atoms with Crippen molar-refractivity contribution in [3.05, 3.63) is 59.7 Å². The second-order valence-electron chi connectivity index (χ2n) is 9.19. The average molecular weight is 465 g/mol. The number of carbonyl (C=O) groups excluding carboxylic acids is 2. The Labute approximate surface area is 199 Å². The van der Waals surface area contributed by atoms with E-state index in [1.807, 2.05) is 31.2 Å². The van der Waals surface area contributed by atoms with Gasteiger partial charge in [0.05, 0.1) is 0 Å². The zero-order chi connectivity index (χ0) is 24.1. The van der Waals surface area contributed by atoms with E-state index < -0.39 is 18.1 Å². The Morgan fingerprint density at radius 3 is 2.29 bits per heavy atom. The molecule has 2 aliphatic carbocycles. The van der Waals surface area contributed by atoms with Gasteiger partial charge in [0.25, 0.3) is 0 Å². The van der Waals surface area contributed by atoms with Crippen molar-refractivity contribution in [3.8, 4) is 11.1 Å². The van der Waals surface area contributed by atoms with Crippen LogP contribution in [0.4, 0.5) is 4.79 Å². The first-order valence-electron chi connectivity index (χ1n) is 12.1. The molecule has 0 bridgehead atoms. The molecule has 0 radical (unpaired) electrons. The van der Waals surface area contributed by atoms with Crippen LogP contribution in [0.15, 0.2) is 48.5 Å². The van der Waals surface area contributed by atoms with Crippen LogP contribution >= 0.6 is 0 Å². The molecule has 0 unspecified atom stereocenters. The minimum atomic E-state index is -1.01. The van der Waals surface area contributed by atoms with Crippen molar-refractivity contribution in [2.45, 2.75) is 51.0 Å². The van der Waals surface area contributed by atoms with Crippen molar-refractivity contribution in [1.82, 2.24) is 10.6 Å². The number of rotatable bonds is 9. The molecule has 1 saturated carbocycles. The van der Waals surface area contributed by atoms with Crippen LogP contribution in [0.2, 0.25) is 0 Å². The van der Waals surface area contributed by atoms with Crippen LogP contribution in [0.5, 0.6) is 0 Å². The summed E-state index contributed by atoms with van der Waals surface area (Å²) in [4.78, 5) is 36.6. The molecule has 0 spiro atoms. The van der Waals surface area contributed by atoms with Crippen molar-refractivity contribution < 1.29 is 24.2 Å². The van der Waals surface area contributed by atoms with E-state index in [2.05, 4.69) is 34.9 Å². The molecule has 3 N–H and O–H groups in total. The molecule has 7 nitrogen and oxygen atoms in total. The van der Waals surface area contributed by atoms with Crippen LogP contribution in [0.1, 0.15) is 56.1 Å². The number of hydrogen-bond acceptors (Lipinski definition) is 4. The van der Waals surface area contributed by atoms with Crippen LogP contribution in [0.3, 0.4) is 0 Å². The topological polar surface area (TPSA) is 105 Å². The molecule has 2 aromatic rings. The van der Waals surface area contributed by atoms with E-state index in [9.17, 15) is 19.5 Å². The molecule has 0 aliphatic heterocycles. The number of ether oxygens (including phenoxy) is 1. The van der Waals surface area contributed by atoms with E-state index in [1.54, 1.807) is 0 Å². The van der Waals surface area contributed by atoms with Crippen molar-refractivity contribution in [2.75, 3.05) is 13.2 Å². The van der Waals surface area contributed by atoms with Crippen LogP contribution in [0, 0.1) is 11.8 Å². The summed E-state index contributed by atoms with van der Waals surface area (Å²) in [7, 11) is 0. The average Bonchev–Trinajstić information content (AvgIpc) is 3.44. The molecule has 7 heteroatoms. The Hall–Kier alpha value is -3.35. The standard InChI is InChI=1S/C27H32N2O5/c1-2-8-24(26(31)32)29-25(30)18-14-7-9-17(18)15-28-27(33)34-16-23-21-12-5-3-10-19(21)20-11-4-6-13-22(20)23/h3-6,10-13,17-18,23-24H,2,7-9,14-16H2,1H3,(H,28,33)(H,29,30)(H,31,32)/t17-,18-,24-/m0/s1. The Bertz CT molecular complexity index is 1010. The van der Waals surface area contributed by atoms with E-state index in [4.69, 9.17) is 4.74 Å². The monoisotopic (exact) mass is 464 g/mol. The van der Waals surface area contributed by atoms with Crippen molar-refractivity contribution >= 4 is 18.0 Å². The number of carbonyl (C=O) groups is 3. The molecule has 0 heterocycles. The maximum Gasteiger partial charge on any atom is 0.407 e. The van der Waals surface area contributed by atoms with E-state index in [0.717, 1.165) is 24.0 Å². The summed E-state index contributed by atoms with van der Waals surface area (Å²) in [6, 6.07) is 15.5.